The number of hydrogen-bond acceptors (Lipinski definition) is 4. The van der Waals surface area contributed by atoms with Gasteiger partial charge in [0.05, 0.1) is 17.6 Å². The Morgan fingerprint density at radius 2 is 1.75 bits per heavy atom. The first-order chi connectivity index (χ1) is 9.61. The van der Waals surface area contributed by atoms with Crippen LogP contribution in [0.2, 0.25) is 0 Å². The van der Waals surface area contributed by atoms with Crippen molar-refractivity contribution in [3.8, 4) is 6.07 Å². The molecule has 4 nitrogen and oxygen atoms in total. The van der Waals surface area contributed by atoms with Gasteiger partial charge in [0.15, 0.2) is 5.78 Å². The molecule has 104 valence electrons. The normalized spacial score (nSPS) is 21.8. The molecule has 0 saturated heterocycles. The third-order valence-corrected chi connectivity index (χ3v) is 3.65. The summed E-state index contributed by atoms with van der Waals surface area (Å²) in [5.41, 5.74) is 0.978. The lowest BCUT2D eigenvalue weighted by Crippen LogP contribution is -2.29. The number of ketones is 1. The van der Waals surface area contributed by atoms with E-state index in [4.69, 9.17) is 10.00 Å². The largest absolute Gasteiger partial charge is 0.457 e. The molecule has 4 heteroatoms. The van der Waals surface area contributed by atoms with Crippen LogP contribution in [0.5, 0.6) is 0 Å². The lowest BCUT2D eigenvalue weighted by molar-refractivity contribution is 0.0107. The maximum atomic E-state index is 12.0. The molecule has 0 aromatic heterocycles. The van der Waals surface area contributed by atoms with Gasteiger partial charge in [0.25, 0.3) is 0 Å². The van der Waals surface area contributed by atoms with Gasteiger partial charge < -0.3 is 4.74 Å². The molecule has 0 spiro atoms. The molecule has 0 radical (unpaired) electrons. The summed E-state index contributed by atoms with van der Waals surface area (Å²) in [5, 5.41) is 9.06. The molecular formula is C16H17NO3. The highest BCUT2D eigenvalue weighted by molar-refractivity contribution is 5.96. The number of nitrogens with zero attached hydrogens (tertiary/aromatic N) is 1. The number of benzene rings is 1. The summed E-state index contributed by atoms with van der Waals surface area (Å²) in [7, 11) is 0. The first-order valence-corrected chi connectivity index (χ1v) is 6.83. The van der Waals surface area contributed by atoms with Crippen LogP contribution < -0.4 is 0 Å². The SMILES string of the molecule is CC(=O)c1ccc(C(=O)OC2CCCCC2C#N)cc1. The molecular weight excluding hydrogens is 254 g/mol. The second-order valence-electron chi connectivity index (χ2n) is 5.10. The van der Waals surface area contributed by atoms with Gasteiger partial charge in [-0.25, -0.2) is 4.79 Å². The van der Waals surface area contributed by atoms with E-state index in [-0.39, 0.29) is 17.8 Å². The van der Waals surface area contributed by atoms with Crippen LogP contribution in [0.4, 0.5) is 0 Å². The molecule has 1 aromatic rings. The van der Waals surface area contributed by atoms with Gasteiger partial charge in [-0.1, -0.05) is 18.6 Å². The van der Waals surface area contributed by atoms with Crippen molar-refractivity contribution in [2.45, 2.75) is 38.7 Å². The quantitative estimate of drug-likeness (QED) is 0.625. The van der Waals surface area contributed by atoms with Crippen LogP contribution in [-0.4, -0.2) is 17.9 Å². The van der Waals surface area contributed by atoms with Crippen LogP contribution in [-0.2, 0) is 4.74 Å². The van der Waals surface area contributed by atoms with Crippen molar-refractivity contribution >= 4 is 11.8 Å². The van der Waals surface area contributed by atoms with Gasteiger partial charge in [0.2, 0.25) is 0 Å². The van der Waals surface area contributed by atoms with E-state index >= 15 is 0 Å². The van der Waals surface area contributed by atoms with Crippen LogP contribution in [0.15, 0.2) is 24.3 Å². The Morgan fingerprint density at radius 3 is 2.35 bits per heavy atom. The molecule has 2 rings (SSSR count). The number of carbonyl (C=O) groups excluding carboxylic acids is 2. The van der Waals surface area contributed by atoms with E-state index in [1.54, 1.807) is 24.3 Å². The Morgan fingerprint density at radius 1 is 1.15 bits per heavy atom. The highest BCUT2D eigenvalue weighted by atomic mass is 16.5. The minimum atomic E-state index is -0.424. The summed E-state index contributed by atoms with van der Waals surface area (Å²) in [6, 6.07) is 8.61. The van der Waals surface area contributed by atoms with E-state index in [1.165, 1.54) is 6.92 Å². The lowest BCUT2D eigenvalue weighted by Gasteiger charge is -2.26. The highest BCUT2D eigenvalue weighted by Gasteiger charge is 2.28. The highest BCUT2D eigenvalue weighted by Crippen LogP contribution is 2.27. The molecule has 1 aliphatic carbocycles. The lowest BCUT2D eigenvalue weighted by atomic mass is 9.87. The number of nitriles is 1. The minimum absolute atomic E-state index is 0.0401. The number of ether oxygens (including phenoxy) is 1. The Balaban J connectivity index is 2.04. The van der Waals surface area contributed by atoms with Crippen LogP contribution in [0, 0.1) is 17.2 Å². The van der Waals surface area contributed by atoms with Crippen LogP contribution in [0.1, 0.15) is 53.3 Å². The van der Waals surface area contributed by atoms with Gasteiger partial charge in [0, 0.05) is 5.56 Å². The van der Waals surface area contributed by atoms with Gasteiger partial charge in [0.1, 0.15) is 6.10 Å². The second kappa shape index (κ2) is 6.33. The van der Waals surface area contributed by atoms with E-state index in [9.17, 15) is 9.59 Å². The maximum Gasteiger partial charge on any atom is 0.338 e. The van der Waals surface area contributed by atoms with Crippen LogP contribution in [0.3, 0.4) is 0 Å². The monoisotopic (exact) mass is 271 g/mol. The van der Waals surface area contributed by atoms with E-state index in [1.807, 2.05) is 0 Å². The number of esters is 1. The van der Waals surface area contributed by atoms with Crippen molar-refractivity contribution in [2.75, 3.05) is 0 Å². The average molecular weight is 271 g/mol. The molecule has 0 N–H and O–H groups in total. The van der Waals surface area contributed by atoms with Gasteiger partial charge in [-0.15, -0.1) is 0 Å². The fourth-order valence-electron chi connectivity index (χ4n) is 2.43. The van der Waals surface area contributed by atoms with Crippen molar-refractivity contribution < 1.29 is 14.3 Å². The zero-order valence-electron chi connectivity index (χ0n) is 11.5. The summed E-state index contributed by atoms with van der Waals surface area (Å²) in [6.07, 6.45) is 3.22. The molecule has 1 aliphatic rings. The first-order valence-electron chi connectivity index (χ1n) is 6.83. The van der Waals surface area contributed by atoms with Crippen molar-refractivity contribution in [1.29, 1.82) is 5.26 Å². The Kier molecular flexibility index (Phi) is 4.52. The zero-order valence-corrected chi connectivity index (χ0v) is 11.5. The van der Waals surface area contributed by atoms with E-state index in [0.717, 1.165) is 25.7 Å². The standard InChI is InChI=1S/C16H17NO3/c1-11(18)12-6-8-13(9-7-12)16(19)20-15-5-3-2-4-14(15)10-17/h6-9,14-15H,2-5H2,1H3. The molecule has 1 saturated carbocycles. The van der Waals surface area contributed by atoms with E-state index in [0.29, 0.717) is 11.1 Å². The summed E-state index contributed by atoms with van der Waals surface area (Å²) >= 11 is 0. The molecule has 1 aromatic carbocycles. The Bertz CT molecular complexity index is 542. The predicted octanol–water partition coefficient (Wildman–Crippen LogP) is 3.13. The summed E-state index contributed by atoms with van der Waals surface area (Å²) in [6.45, 7) is 1.48. The van der Waals surface area contributed by atoms with Crippen molar-refractivity contribution in [3.05, 3.63) is 35.4 Å². The molecule has 2 atom stereocenters. The molecule has 0 amide bonds. The fraction of sp³-hybridized carbons (Fsp3) is 0.438. The number of hydrogen-bond donors (Lipinski definition) is 0. The van der Waals surface area contributed by atoms with E-state index < -0.39 is 5.97 Å². The van der Waals surface area contributed by atoms with Gasteiger partial charge >= 0.3 is 5.97 Å². The topological polar surface area (TPSA) is 67.2 Å². The second-order valence-corrected chi connectivity index (χ2v) is 5.10. The molecule has 2 unspecified atom stereocenters. The Labute approximate surface area is 118 Å². The van der Waals surface area contributed by atoms with Gasteiger partial charge in [-0.3, -0.25) is 4.79 Å². The summed E-state index contributed by atoms with van der Waals surface area (Å²) < 4.78 is 5.43. The number of rotatable bonds is 3. The van der Waals surface area contributed by atoms with Crippen LogP contribution >= 0.6 is 0 Å². The first kappa shape index (κ1) is 14.3. The number of carbonyl (C=O) groups is 2. The zero-order chi connectivity index (χ0) is 14.5. The minimum Gasteiger partial charge on any atom is -0.457 e. The fourth-order valence-corrected chi connectivity index (χ4v) is 2.43. The molecule has 1 fully saturated rings. The molecule has 0 bridgehead atoms. The van der Waals surface area contributed by atoms with Gasteiger partial charge in [-0.05, 0) is 38.3 Å². The average Bonchev–Trinajstić information content (AvgIpc) is 2.48. The molecule has 20 heavy (non-hydrogen) atoms. The van der Waals surface area contributed by atoms with Crippen molar-refractivity contribution in [1.82, 2.24) is 0 Å². The summed E-state index contributed by atoms with van der Waals surface area (Å²) in [5.74, 6) is -0.668. The summed E-state index contributed by atoms with van der Waals surface area (Å²) in [4.78, 5) is 23.2. The number of Topliss-reactive ketones (excluding diaryl/α,β-unsaturated/α-hetero) is 1. The molecule has 0 heterocycles. The van der Waals surface area contributed by atoms with Crippen LogP contribution in [0.25, 0.3) is 0 Å². The van der Waals surface area contributed by atoms with Gasteiger partial charge in [-0.2, -0.15) is 5.26 Å². The third-order valence-electron chi connectivity index (χ3n) is 3.65. The van der Waals surface area contributed by atoms with Crippen molar-refractivity contribution in [3.63, 3.8) is 0 Å². The Hall–Kier alpha value is -2.15. The van der Waals surface area contributed by atoms with E-state index in [2.05, 4.69) is 6.07 Å². The van der Waals surface area contributed by atoms with Crippen molar-refractivity contribution in [2.24, 2.45) is 5.92 Å². The smallest absolute Gasteiger partial charge is 0.338 e. The predicted molar refractivity (Wildman–Crippen MR) is 73.2 cm³/mol. The third kappa shape index (κ3) is 3.24. The maximum absolute atomic E-state index is 12.0. The molecule has 0 aliphatic heterocycles.